The number of carbonyl (C=O) groups is 2. The van der Waals surface area contributed by atoms with Gasteiger partial charge in [-0.25, -0.2) is 0 Å². The fourth-order valence-electron chi connectivity index (χ4n) is 2.33. The van der Waals surface area contributed by atoms with Crippen molar-refractivity contribution in [1.29, 1.82) is 0 Å². The van der Waals surface area contributed by atoms with Crippen LogP contribution in [0.1, 0.15) is 46.0 Å². The average molecular weight is 250 g/mol. The van der Waals surface area contributed by atoms with Gasteiger partial charge in [0.2, 0.25) is 11.8 Å². The normalized spacial score (nSPS) is 23.7. The maximum absolute atomic E-state index is 12.3. The van der Waals surface area contributed by atoms with E-state index in [1.54, 1.807) is 4.90 Å². The number of terminal acetylenes is 1. The Morgan fingerprint density at radius 2 is 2.11 bits per heavy atom. The quantitative estimate of drug-likeness (QED) is 0.570. The molecule has 0 spiro atoms. The summed E-state index contributed by atoms with van der Waals surface area (Å²) in [5, 5.41) is 2.82. The second kappa shape index (κ2) is 7.05. The van der Waals surface area contributed by atoms with Crippen molar-refractivity contribution in [2.45, 2.75) is 58.0 Å². The number of piperazine rings is 1. The summed E-state index contributed by atoms with van der Waals surface area (Å²) in [7, 11) is 0. The van der Waals surface area contributed by atoms with Crippen molar-refractivity contribution < 1.29 is 9.59 Å². The molecular formula is C14H22N2O2. The third-order valence-corrected chi connectivity index (χ3v) is 3.26. The summed E-state index contributed by atoms with van der Waals surface area (Å²) in [6.07, 6.45) is 8.84. The fourth-order valence-corrected chi connectivity index (χ4v) is 2.33. The standard InChI is InChI=1S/C14H22N2O2/c1-4-7-8-10-16-12(6-3)13(17)15-11(9-5-2)14(16)18/h1,11-12H,5-10H2,2-3H3,(H,15,17). The van der Waals surface area contributed by atoms with Gasteiger partial charge in [-0.1, -0.05) is 20.3 Å². The van der Waals surface area contributed by atoms with Crippen LogP contribution in [0.2, 0.25) is 0 Å². The Labute approximate surface area is 109 Å². The second-order valence-electron chi connectivity index (χ2n) is 4.61. The van der Waals surface area contributed by atoms with Crippen LogP contribution in [0.5, 0.6) is 0 Å². The van der Waals surface area contributed by atoms with Gasteiger partial charge in [-0.05, 0) is 19.3 Å². The molecule has 0 aromatic heterocycles. The first kappa shape index (κ1) is 14.6. The van der Waals surface area contributed by atoms with Gasteiger partial charge in [0.25, 0.3) is 0 Å². The number of unbranched alkanes of at least 4 members (excludes halogenated alkanes) is 1. The van der Waals surface area contributed by atoms with E-state index < -0.39 is 0 Å². The molecule has 2 unspecified atom stereocenters. The molecule has 100 valence electrons. The first-order chi connectivity index (χ1) is 8.65. The van der Waals surface area contributed by atoms with Gasteiger partial charge in [-0.15, -0.1) is 12.3 Å². The van der Waals surface area contributed by atoms with E-state index in [-0.39, 0.29) is 23.9 Å². The van der Waals surface area contributed by atoms with E-state index in [4.69, 9.17) is 6.42 Å². The predicted molar refractivity (Wildman–Crippen MR) is 70.7 cm³/mol. The summed E-state index contributed by atoms with van der Waals surface area (Å²) in [5.41, 5.74) is 0. The lowest BCUT2D eigenvalue weighted by molar-refractivity contribution is -0.149. The predicted octanol–water partition coefficient (Wildman–Crippen LogP) is 1.31. The maximum atomic E-state index is 12.3. The molecular weight excluding hydrogens is 228 g/mol. The van der Waals surface area contributed by atoms with Gasteiger partial charge in [-0.3, -0.25) is 9.59 Å². The highest BCUT2D eigenvalue weighted by Crippen LogP contribution is 2.16. The Bertz CT molecular complexity index is 346. The highest BCUT2D eigenvalue weighted by molar-refractivity contribution is 5.96. The SMILES string of the molecule is C#CCCCN1C(=O)C(CCC)NC(=O)C1CC. The molecule has 4 nitrogen and oxygen atoms in total. The minimum absolute atomic E-state index is 0.0312. The zero-order chi connectivity index (χ0) is 13.5. The third-order valence-electron chi connectivity index (χ3n) is 3.26. The highest BCUT2D eigenvalue weighted by Gasteiger charge is 2.38. The lowest BCUT2D eigenvalue weighted by Gasteiger charge is -2.38. The highest BCUT2D eigenvalue weighted by atomic mass is 16.2. The Kier molecular flexibility index (Phi) is 5.70. The van der Waals surface area contributed by atoms with Crippen molar-refractivity contribution in [2.75, 3.05) is 6.54 Å². The number of hydrogen-bond acceptors (Lipinski definition) is 2. The molecule has 1 aliphatic rings. The van der Waals surface area contributed by atoms with E-state index in [1.807, 2.05) is 13.8 Å². The second-order valence-corrected chi connectivity index (χ2v) is 4.61. The average Bonchev–Trinajstić information content (AvgIpc) is 2.35. The lowest BCUT2D eigenvalue weighted by Crippen LogP contribution is -2.63. The van der Waals surface area contributed by atoms with E-state index in [0.29, 0.717) is 25.8 Å². The number of nitrogens with zero attached hydrogens (tertiary/aromatic N) is 1. The first-order valence-electron chi connectivity index (χ1n) is 6.70. The molecule has 0 bridgehead atoms. The topological polar surface area (TPSA) is 49.4 Å². The van der Waals surface area contributed by atoms with Crippen molar-refractivity contribution >= 4 is 11.8 Å². The van der Waals surface area contributed by atoms with E-state index in [1.165, 1.54) is 0 Å². The number of carbonyl (C=O) groups excluding carboxylic acids is 2. The van der Waals surface area contributed by atoms with Crippen LogP contribution in [-0.4, -0.2) is 35.3 Å². The van der Waals surface area contributed by atoms with Crippen molar-refractivity contribution in [3.05, 3.63) is 0 Å². The van der Waals surface area contributed by atoms with Gasteiger partial charge in [0, 0.05) is 13.0 Å². The molecule has 0 aliphatic carbocycles. The van der Waals surface area contributed by atoms with Crippen LogP contribution in [0.4, 0.5) is 0 Å². The van der Waals surface area contributed by atoms with Crippen molar-refractivity contribution in [1.82, 2.24) is 10.2 Å². The van der Waals surface area contributed by atoms with Crippen molar-refractivity contribution in [3.63, 3.8) is 0 Å². The zero-order valence-electron chi connectivity index (χ0n) is 11.2. The molecule has 4 heteroatoms. The van der Waals surface area contributed by atoms with Crippen LogP contribution in [-0.2, 0) is 9.59 Å². The molecule has 0 aromatic rings. The van der Waals surface area contributed by atoms with Gasteiger partial charge in [0.05, 0.1) is 0 Å². The Balaban J connectivity index is 2.74. The van der Waals surface area contributed by atoms with Crippen molar-refractivity contribution in [2.24, 2.45) is 0 Å². The van der Waals surface area contributed by atoms with E-state index >= 15 is 0 Å². The van der Waals surface area contributed by atoms with Crippen LogP contribution in [0, 0.1) is 12.3 Å². The summed E-state index contributed by atoms with van der Waals surface area (Å²) in [6.45, 7) is 4.51. The molecule has 1 aliphatic heterocycles. The van der Waals surface area contributed by atoms with Gasteiger partial charge < -0.3 is 10.2 Å². The Morgan fingerprint density at radius 3 is 2.67 bits per heavy atom. The third kappa shape index (κ3) is 3.25. The number of rotatable bonds is 6. The van der Waals surface area contributed by atoms with E-state index in [9.17, 15) is 9.59 Å². The zero-order valence-corrected chi connectivity index (χ0v) is 11.2. The molecule has 0 saturated carbocycles. The lowest BCUT2D eigenvalue weighted by atomic mass is 10.0. The molecule has 1 N–H and O–H groups in total. The minimum Gasteiger partial charge on any atom is -0.343 e. The molecule has 1 heterocycles. The first-order valence-corrected chi connectivity index (χ1v) is 6.70. The molecule has 18 heavy (non-hydrogen) atoms. The van der Waals surface area contributed by atoms with Crippen LogP contribution in [0.3, 0.4) is 0 Å². The van der Waals surface area contributed by atoms with Gasteiger partial charge in [0.1, 0.15) is 12.1 Å². The molecule has 2 amide bonds. The smallest absolute Gasteiger partial charge is 0.245 e. The Morgan fingerprint density at radius 1 is 1.39 bits per heavy atom. The minimum atomic E-state index is -0.351. The van der Waals surface area contributed by atoms with E-state index in [0.717, 1.165) is 12.8 Å². The molecule has 2 atom stereocenters. The number of amides is 2. The van der Waals surface area contributed by atoms with Crippen LogP contribution < -0.4 is 5.32 Å². The summed E-state index contributed by atoms with van der Waals surface area (Å²) in [6, 6.07) is -0.681. The van der Waals surface area contributed by atoms with E-state index in [2.05, 4.69) is 11.2 Å². The van der Waals surface area contributed by atoms with Crippen LogP contribution >= 0.6 is 0 Å². The maximum Gasteiger partial charge on any atom is 0.245 e. The largest absolute Gasteiger partial charge is 0.343 e. The van der Waals surface area contributed by atoms with Gasteiger partial charge in [-0.2, -0.15) is 0 Å². The summed E-state index contributed by atoms with van der Waals surface area (Å²) < 4.78 is 0. The van der Waals surface area contributed by atoms with Crippen LogP contribution in [0.15, 0.2) is 0 Å². The van der Waals surface area contributed by atoms with Crippen molar-refractivity contribution in [3.8, 4) is 12.3 Å². The summed E-state index contributed by atoms with van der Waals surface area (Å²) in [5.74, 6) is 2.57. The molecule has 1 saturated heterocycles. The molecule has 1 rings (SSSR count). The Hall–Kier alpha value is -1.50. The molecule has 1 fully saturated rings. The monoisotopic (exact) mass is 250 g/mol. The molecule has 0 radical (unpaired) electrons. The number of hydrogen-bond donors (Lipinski definition) is 1. The van der Waals surface area contributed by atoms with Gasteiger partial charge in [0.15, 0.2) is 0 Å². The number of nitrogens with one attached hydrogen (secondary N) is 1. The summed E-state index contributed by atoms with van der Waals surface area (Å²) >= 11 is 0. The van der Waals surface area contributed by atoms with Gasteiger partial charge >= 0.3 is 0 Å². The summed E-state index contributed by atoms with van der Waals surface area (Å²) in [4.78, 5) is 25.9. The molecule has 0 aromatic carbocycles. The fraction of sp³-hybridized carbons (Fsp3) is 0.714. The van der Waals surface area contributed by atoms with Crippen LogP contribution in [0.25, 0.3) is 0 Å².